The van der Waals surface area contributed by atoms with Gasteiger partial charge in [-0.1, -0.05) is 38.4 Å². The molecule has 0 spiro atoms. The Morgan fingerprint density at radius 2 is 1.89 bits per heavy atom. The van der Waals surface area contributed by atoms with E-state index in [0.717, 1.165) is 23.3 Å². The Labute approximate surface area is 169 Å². The summed E-state index contributed by atoms with van der Waals surface area (Å²) in [6.07, 6.45) is 3.76. The zero-order valence-electron chi connectivity index (χ0n) is 15.6. The number of hydrogen-bond donors (Lipinski definition) is 1. The Bertz CT molecular complexity index is 944. The summed E-state index contributed by atoms with van der Waals surface area (Å²) in [7, 11) is 0. The first kappa shape index (κ1) is 19.5. The first-order valence-corrected chi connectivity index (χ1v) is 10.1. The van der Waals surface area contributed by atoms with Gasteiger partial charge in [-0.3, -0.25) is 0 Å². The second kappa shape index (κ2) is 6.72. The molecule has 0 radical (unpaired) electrons. The van der Waals surface area contributed by atoms with Gasteiger partial charge in [-0.25, -0.2) is 0 Å². The zero-order valence-corrected chi connectivity index (χ0v) is 17.2. The van der Waals surface area contributed by atoms with E-state index in [1.807, 2.05) is 6.07 Å². The summed E-state index contributed by atoms with van der Waals surface area (Å²) in [5.74, 6) is -0.157. The Morgan fingerprint density at radius 1 is 1.22 bits per heavy atom. The summed E-state index contributed by atoms with van der Waals surface area (Å²) in [5, 5.41) is 29.8. The summed E-state index contributed by atoms with van der Waals surface area (Å²) >= 11 is 7.55. The highest BCUT2D eigenvalue weighted by Gasteiger charge is 2.55. The molecule has 6 heteroatoms. The van der Waals surface area contributed by atoms with Crippen molar-refractivity contribution < 1.29 is 0 Å². The Hall–Kier alpha value is -2.26. The fraction of sp³-hybridized carbons (Fsp3) is 0.476. The molecule has 1 aromatic rings. The highest BCUT2D eigenvalue weighted by molar-refractivity contribution is 7.16. The van der Waals surface area contributed by atoms with Crippen LogP contribution in [0.5, 0.6) is 0 Å². The number of nitriles is 3. The summed E-state index contributed by atoms with van der Waals surface area (Å²) in [6, 6.07) is 10.2. The van der Waals surface area contributed by atoms with Crippen LogP contribution in [0.4, 0.5) is 0 Å². The van der Waals surface area contributed by atoms with Gasteiger partial charge in [0.25, 0.3) is 0 Å². The third-order valence-corrected chi connectivity index (χ3v) is 7.32. The number of allylic oxidation sites excluding steroid dienone is 4. The van der Waals surface area contributed by atoms with Gasteiger partial charge < -0.3 is 5.73 Å². The fourth-order valence-corrected chi connectivity index (χ4v) is 5.69. The lowest BCUT2D eigenvalue weighted by Crippen LogP contribution is -2.44. The standard InChI is InChI=1S/C21H21ClN4S/c1-20(2,3)12-4-5-13-14(8-12)18(16-6-7-17(22)27-16)21(10-24,11-25)19(26)15(13)9-23/h5-7,12,14,18H,4,8,26H2,1-3H3. The quantitative estimate of drug-likeness (QED) is 0.699. The van der Waals surface area contributed by atoms with Gasteiger partial charge >= 0.3 is 0 Å². The monoisotopic (exact) mass is 396 g/mol. The minimum Gasteiger partial charge on any atom is -0.399 e. The van der Waals surface area contributed by atoms with Crippen molar-refractivity contribution in [2.75, 3.05) is 0 Å². The van der Waals surface area contributed by atoms with Crippen LogP contribution in [0.15, 0.2) is 35.1 Å². The van der Waals surface area contributed by atoms with Gasteiger partial charge in [0.05, 0.1) is 27.7 Å². The van der Waals surface area contributed by atoms with Crippen molar-refractivity contribution in [2.45, 2.75) is 39.5 Å². The second-order valence-corrected chi connectivity index (χ2v) is 10.1. The largest absolute Gasteiger partial charge is 0.399 e. The third-order valence-electron chi connectivity index (χ3n) is 6.00. The maximum absolute atomic E-state index is 10.0. The number of thiophene rings is 1. The van der Waals surface area contributed by atoms with Crippen LogP contribution in [0.3, 0.4) is 0 Å². The molecular weight excluding hydrogens is 376 g/mol. The zero-order chi connectivity index (χ0) is 20.0. The molecule has 0 saturated heterocycles. The van der Waals surface area contributed by atoms with Crippen LogP contribution < -0.4 is 5.73 Å². The average molecular weight is 397 g/mol. The second-order valence-electron chi connectivity index (χ2n) is 8.35. The predicted octanol–water partition coefficient (Wildman–Crippen LogP) is 5.27. The smallest absolute Gasteiger partial charge is 0.192 e. The van der Waals surface area contributed by atoms with Crippen LogP contribution in [0.1, 0.15) is 44.4 Å². The van der Waals surface area contributed by atoms with E-state index in [9.17, 15) is 15.8 Å². The van der Waals surface area contributed by atoms with Crippen molar-refractivity contribution >= 4 is 22.9 Å². The van der Waals surface area contributed by atoms with Gasteiger partial charge in [-0.05, 0) is 47.8 Å². The first-order valence-electron chi connectivity index (χ1n) is 8.88. The minimum atomic E-state index is -1.57. The Balaban J connectivity index is 2.29. The molecule has 2 aliphatic carbocycles. The maximum atomic E-state index is 10.0. The summed E-state index contributed by atoms with van der Waals surface area (Å²) in [6.45, 7) is 6.61. The van der Waals surface area contributed by atoms with Gasteiger partial charge in [-0.2, -0.15) is 15.8 Å². The maximum Gasteiger partial charge on any atom is 0.192 e. The molecule has 0 amide bonds. The third kappa shape index (κ3) is 2.94. The van der Waals surface area contributed by atoms with Crippen molar-refractivity contribution in [3.8, 4) is 18.2 Å². The van der Waals surface area contributed by atoms with Crippen molar-refractivity contribution in [3.63, 3.8) is 0 Å². The summed E-state index contributed by atoms with van der Waals surface area (Å²) in [4.78, 5) is 0.869. The predicted molar refractivity (Wildman–Crippen MR) is 106 cm³/mol. The molecule has 0 aromatic carbocycles. The van der Waals surface area contributed by atoms with Crippen molar-refractivity contribution in [3.05, 3.63) is 44.3 Å². The number of fused-ring (bicyclic) bond motifs is 1. The van der Waals surface area contributed by atoms with E-state index in [2.05, 4.69) is 45.1 Å². The van der Waals surface area contributed by atoms with Crippen LogP contribution in [-0.2, 0) is 0 Å². The molecule has 3 unspecified atom stereocenters. The Morgan fingerprint density at radius 3 is 2.37 bits per heavy atom. The Kier molecular flexibility index (Phi) is 4.85. The van der Waals surface area contributed by atoms with E-state index in [1.54, 1.807) is 6.07 Å². The number of halogens is 1. The van der Waals surface area contributed by atoms with Crippen LogP contribution in [0, 0.1) is 56.7 Å². The number of nitrogens with zero attached hydrogens (tertiary/aromatic N) is 3. The van der Waals surface area contributed by atoms with Crippen LogP contribution in [0.25, 0.3) is 0 Å². The van der Waals surface area contributed by atoms with Crippen molar-refractivity contribution in [1.82, 2.24) is 0 Å². The normalized spacial score (nSPS) is 27.0. The molecule has 3 rings (SSSR count). The van der Waals surface area contributed by atoms with E-state index in [4.69, 9.17) is 17.3 Å². The van der Waals surface area contributed by atoms with Crippen LogP contribution in [-0.4, -0.2) is 0 Å². The minimum absolute atomic E-state index is 0.0706. The molecule has 2 aliphatic rings. The summed E-state index contributed by atoms with van der Waals surface area (Å²) in [5.41, 5.74) is 6.06. The van der Waals surface area contributed by atoms with E-state index < -0.39 is 11.3 Å². The average Bonchev–Trinajstić information content (AvgIpc) is 3.05. The molecule has 138 valence electrons. The van der Waals surface area contributed by atoms with E-state index in [1.165, 1.54) is 11.3 Å². The highest BCUT2D eigenvalue weighted by atomic mass is 35.5. The molecule has 3 atom stereocenters. The number of rotatable bonds is 1. The van der Waals surface area contributed by atoms with Gasteiger partial charge in [0.15, 0.2) is 5.41 Å². The molecule has 1 heterocycles. The lowest BCUT2D eigenvalue weighted by Gasteiger charge is -2.46. The van der Waals surface area contributed by atoms with Crippen molar-refractivity contribution in [2.24, 2.45) is 28.4 Å². The molecule has 27 heavy (non-hydrogen) atoms. The van der Waals surface area contributed by atoms with Crippen LogP contribution >= 0.6 is 22.9 Å². The SMILES string of the molecule is CC(C)(C)C1CC=C2C(C#N)=C(N)C(C#N)(C#N)C(c3ccc(Cl)s3)C2C1. The van der Waals surface area contributed by atoms with E-state index in [0.29, 0.717) is 15.8 Å². The molecule has 1 aromatic heterocycles. The molecule has 0 aliphatic heterocycles. The van der Waals surface area contributed by atoms with Gasteiger partial charge in [0.2, 0.25) is 0 Å². The molecule has 0 saturated carbocycles. The first-order chi connectivity index (χ1) is 12.7. The van der Waals surface area contributed by atoms with Gasteiger partial charge in [0, 0.05) is 10.8 Å². The fourth-order valence-electron chi connectivity index (χ4n) is 4.40. The number of nitrogens with two attached hydrogens (primary N) is 1. The van der Waals surface area contributed by atoms with Crippen LogP contribution in [0.2, 0.25) is 4.34 Å². The molecule has 4 nitrogen and oxygen atoms in total. The molecule has 0 bridgehead atoms. The molecular formula is C21H21ClN4S. The molecule has 2 N–H and O–H groups in total. The van der Waals surface area contributed by atoms with Gasteiger partial charge in [0.1, 0.15) is 6.07 Å². The topological polar surface area (TPSA) is 97.4 Å². The van der Waals surface area contributed by atoms with Gasteiger partial charge in [-0.15, -0.1) is 11.3 Å². The lowest BCUT2D eigenvalue weighted by molar-refractivity contribution is 0.171. The summed E-state index contributed by atoms with van der Waals surface area (Å²) < 4.78 is 0.608. The van der Waals surface area contributed by atoms with E-state index in [-0.39, 0.29) is 17.0 Å². The lowest BCUT2D eigenvalue weighted by atomic mass is 9.55. The van der Waals surface area contributed by atoms with Crippen molar-refractivity contribution in [1.29, 1.82) is 15.8 Å². The molecule has 0 fully saturated rings. The van der Waals surface area contributed by atoms with E-state index >= 15 is 0 Å². The number of hydrogen-bond acceptors (Lipinski definition) is 5. The highest BCUT2D eigenvalue weighted by Crippen LogP contribution is 2.58.